The summed E-state index contributed by atoms with van der Waals surface area (Å²) in [4.78, 5) is 30.1. The normalized spacial score (nSPS) is 35.1. The SMILES string of the molecule is CCOCOCCCC(=O)OCC1(CC)COC2(CC(C)(CC)N(OC(C)=O)C(C)(CC)C2C)OC1. The van der Waals surface area contributed by atoms with E-state index in [1.54, 1.807) is 0 Å². The van der Waals surface area contributed by atoms with Gasteiger partial charge in [-0.3, -0.25) is 9.59 Å². The van der Waals surface area contributed by atoms with Crippen molar-refractivity contribution in [3.63, 3.8) is 0 Å². The Morgan fingerprint density at radius 1 is 1.00 bits per heavy atom. The Bertz CT molecular complexity index is 723. The summed E-state index contributed by atoms with van der Waals surface area (Å²) in [6.07, 6.45) is 3.74. The smallest absolute Gasteiger partial charge is 0.322 e. The molecule has 0 N–H and O–H groups in total. The summed E-state index contributed by atoms with van der Waals surface area (Å²) >= 11 is 0. The van der Waals surface area contributed by atoms with Gasteiger partial charge in [0.1, 0.15) is 13.4 Å². The van der Waals surface area contributed by atoms with Crippen molar-refractivity contribution in [3.05, 3.63) is 0 Å². The number of hydrogen-bond acceptors (Lipinski definition) is 9. The maximum absolute atomic E-state index is 12.3. The van der Waals surface area contributed by atoms with Crippen LogP contribution >= 0.6 is 0 Å². The molecule has 3 unspecified atom stereocenters. The van der Waals surface area contributed by atoms with E-state index >= 15 is 0 Å². The molecule has 0 amide bonds. The minimum absolute atomic E-state index is 0.0666. The van der Waals surface area contributed by atoms with Crippen LogP contribution in [-0.4, -0.2) is 73.7 Å². The molecule has 0 saturated carbocycles. The average Bonchev–Trinajstić information content (AvgIpc) is 2.87. The molecule has 0 radical (unpaired) electrons. The van der Waals surface area contributed by atoms with Gasteiger partial charge in [-0.05, 0) is 46.5 Å². The molecule has 0 aromatic rings. The second-order valence-electron chi connectivity index (χ2n) is 10.9. The van der Waals surface area contributed by atoms with Crippen molar-refractivity contribution < 1.29 is 38.1 Å². The fourth-order valence-electron chi connectivity index (χ4n) is 5.28. The highest BCUT2D eigenvalue weighted by atomic mass is 16.7. The van der Waals surface area contributed by atoms with Gasteiger partial charge in [-0.25, -0.2) is 0 Å². The number of carbonyl (C=O) groups is 2. The third-order valence-corrected chi connectivity index (χ3v) is 8.45. The monoisotopic (exact) mass is 515 g/mol. The summed E-state index contributed by atoms with van der Waals surface area (Å²) in [7, 11) is 0. The summed E-state index contributed by atoms with van der Waals surface area (Å²) in [5.74, 6) is -1.45. The van der Waals surface area contributed by atoms with E-state index in [0.29, 0.717) is 45.7 Å². The van der Waals surface area contributed by atoms with Crippen LogP contribution in [0.1, 0.15) is 93.9 Å². The lowest BCUT2D eigenvalue weighted by Crippen LogP contribution is -2.74. The van der Waals surface area contributed by atoms with Crippen molar-refractivity contribution in [3.8, 4) is 0 Å². The summed E-state index contributed by atoms with van der Waals surface area (Å²) in [5, 5.41) is 1.90. The first-order chi connectivity index (χ1) is 17.0. The largest absolute Gasteiger partial charge is 0.465 e. The van der Waals surface area contributed by atoms with E-state index in [2.05, 4.69) is 41.5 Å². The van der Waals surface area contributed by atoms with Crippen LogP contribution in [0.4, 0.5) is 0 Å². The lowest BCUT2D eigenvalue weighted by molar-refractivity contribution is -0.403. The molecule has 0 aromatic carbocycles. The maximum Gasteiger partial charge on any atom is 0.322 e. The Hall–Kier alpha value is -1.26. The van der Waals surface area contributed by atoms with Gasteiger partial charge in [0.2, 0.25) is 0 Å². The third-order valence-electron chi connectivity index (χ3n) is 8.45. The van der Waals surface area contributed by atoms with Gasteiger partial charge in [-0.2, -0.15) is 0 Å². The predicted octanol–water partition coefficient (Wildman–Crippen LogP) is 4.62. The van der Waals surface area contributed by atoms with Gasteiger partial charge < -0.3 is 28.5 Å². The first-order valence-corrected chi connectivity index (χ1v) is 13.5. The second-order valence-corrected chi connectivity index (χ2v) is 10.9. The summed E-state index contributed by atoms with van der Waals surface area (Å²) in [5.41, 5.74) is -1.33. The van der Waals surface area contributed by atoms with Crippen molar-refractivity contribution in [1.29, 1.82) is 0 Å². The van der Waals surface area contributed by atoms with Crippen LogP contribution in [0.15, 0.2) is 0 Å². The lowest BCUT2D eigenvalue weighted by Gasteiger charge is -2.63. The second kappa shape index (κ2) is 13.0. The Labute approximate surface area is 217 Å². The van der Waals surface area contributed by atoms with Crippen LogP contribution in [0, 0.1) is 11.3 Å². The van der Waals surface area contributed by atoms with Crippen LogP contribution in [0.2, 0.25) is 0 Å². The minimum Gasteiger partial charge on any atom is -0.465 e. The highest BCUT2D eigenvalue weighted by Crippen LogP contribution is 2.54. The van der Waals surface area contributed by atoms with Crippen molar-refractivity contribution in [2.24, 2.45) is 11.3 Å². The molecule has 0 bridgehead atoms. The Kier molecular flexibility index (Phi) is 11.2. The molecule has 9 heteroatoms. The molecule has 2 aliphatic rings. The van der Waals surface area contributed by atoms with Gasteiger partial charge in [-0.1, -0.05) is 27.7 Å². The number of hydrogen-bond donors (Lipinski definition) is 0. The molecule has 2 aliphatic heterocycles. The van der Waals surface area contributed by atoms with Gasteiger partial charge in [0, 0.05) is 38.9 Å². The van der Waals surface area contributed by atoms with E-state index in [0.717, 1.165) is 19.3 Å². The first-order valence-electron chi connectivity index (χ1n) is 13.5. The van der Waals surface area contributed by atoms with Gasteiger partial charge in [0.25, 0.3) is 0 Å². The molecular weight excluding hydrogens is 466 g/mol. The Morgan fingerprint density at radius 2 is 1.67 bits per heavy atom. The number of piperidine rings is 1. The molecule has 2 heterocycles. The fraction of sp³-hybridized carbons (Fsp3) is 0.926. The first kappa shape index (κ1) is 31.0. The third kappa shape index (κ3) is 6.78. The van der Waals surface area contributed by atoms with Crippen LogP contribution in [0.25, 0.3) is 0 Å². The van der Waals surface area contributed by atoms with Crippen LogP contribution < -0.4 is 0 Å². The zero-order valence-electron chi connectivity index (χ0n) is 23.8. The number of ether oxygens (including phenoxy) is 5. The quantitative estimate of drug-likeness (QED) is 0.198. The Balaban J connectivity index is 2.05. The molecular formula is C27H49NO8. The number of nitrogens with zero attached hydrogens (tertiary/aromatic N) is 1. The van der Waals surface area contributed by atoms with E-state index in [1.807, 2.05) is 12.0 Å². The zero-order valence-corrected chi connectivity index (χ0v) is 23.8. The van der Waals surface area contributed by atoms with Crippen molar-refractivity contribution >= 4 is 11.9 Å². The number of carbonyl (C=O) groups excluding carboxylic acids is 2. The zero-order chi connectivity index (χ0) is 27.0. The standard InChI is InChI=1S/C27H49NO8/c1-9-24(7)16-27(21(5)25(8,10-2)28(24)36-22(6)29)34-18-26(11-3,19-35-27)17-33-23(30)14-13-15-32-20-31-12-4/h21H,9-20H2,1-8H3. The molecule has 2 saturated heterocycles. The maximum atomic E-state index is 12.3. The summed E-state index contributed by atoms with van der Waals surface area (Å²) in [6, 6.07) is 0. The van der Waals surface area contributed by atoms with Crippen LogP contribution in [0.5, 0.6) is 0 Å². The lowest BCUT2D eigenvalue weighted by atomic mass is 9.66. The average molecular weight is 516 g/mol. The van der Waals surface area contributed by atoms with Crippen molar-refractivity contribution in [2.75, 3.05) is 39.8 Å². The van der Waals surface area contributed by atoms with Gasteiger partial charge in [-0.15, -0.1) is 5.06 Å². The number of rotatable bonds is 13. The molecule has 0 aromatic heterocycles. The van der Waals surface area contributed by atoms with Gasteiger partial charge in [0.15, 0.2) is 5.79 Å². The minimum atomic E-state index is -0.813. The van der Waals surface area contributed by atoms with E-state index in [-0.39, 0.29) is 31.3 Å². The molecule has 2 rings (SSSR count). The number of esters is 1. The van der Waals surface area contributed by atoms with Crippen LogP contribution in [-0.2, 0) is 38.1 Å². The highest BCUT2D eigenvalue weighted by Gasteiger charge is 2.64. The summed E-state index contributed by atoms with van der Waals surface area (Å²) < 4.78 is 29.3. The van der Waals surface area contributed by atoms with Gasteiger partial charge >= 0.3 is 11.9 Å². The molecule has 3 atom stereocenters. The topological polar surface area (TPSA) is 92.8 Å². The van der Waals surface area contributed by atoms with Crippen molar-refractivity contribution in [1.82, 2.24) is 5.06 Å². The van der Waals surface area contributed by atoms with E-state index < -0.39 is 22.3 Å². The molecule has 2 fully saturated rings. The number of hydroxylamine groups is 2. The molecule has 0 aliphatic carbocycles. The Morgan fingerprint density at radius 3 is 2.19 bits per heavy atom. The fourth-order valence-corrected chi connectivity index (χ4v) is 5.28. The molecule has 36 heavy (non-hydrogen) atoms. The van der Waals surface area contributed by atoms with E-state index in [1.165, 1.54) is 6.92 Å². The highest BCUT2D eigenvalue weighted by molar-refractivity contribution is 5.69. The molecule has 9 nitrogen and oxygen atoms in total. The molecule has 210 valence electrons. The van der Waals surface area contributed by atoms with Gasteiger partial charge in [0.05, 0.1) is 29.7 Å². The summed E-state index contributed by atoms with van der Waals surface area (Å²) in [6.45, 7) is 18.4. The molecule has 1 spiro atoms. The van der Waals surface area contributed by atoms with E-state index in [9.17, 15) is 9.59 Å². The van der Waals surface area contributed by atoms with E-state index in [4.69, 9.17) is 28.5 Å². The van der Waals surface area contributed by atoms with Crippen molar-refractivity contribution in [2.45, 2.75) is 111 Å². The predicted molar refractivity (Wildman–Crippen MR) is 135 cm³/mol. The van der Waals surface area contributed by atoms with Crippen LogP contribution in [0.3, 0.4) is 0 Å².